The first-order valence-electron chi connectivity index (χ1n) is 10.9. The summed E-state index contributed by atoms with van der Waals surface area (Å²) in [5.41, 5.74) is 3.69. The first kappa shape index (κ1) is 19.9. The van der Waals surface area contributed by atoms with Crippen molar-refractivity contribution in [2.75, 3.05) is 25.5 Å². The lowest BCUT2D eigenvalue weighted by Gasteiger charge is -2.55. The van der Waals surface area contributed by atoms with Crippen molar-refractivity contribution >= 4 is 11.7 Å². The number of carbonyl (C=O) groups excluding carboxylic acids is 1. The van der Waals surface area contributed by atoms with Gasteiger partial charge in [-0.3, -0.25) is 0 Å². The zero-order valence-electron chi connectivity index (χ0n) is 18.2. The molecular formula is C25H28N4O2. The molecule has 0 radical (unpaired) electrons. The summed E-state index contributed by atoms with van der Waals surface area (Å²) >= 11 is 0. The van der Waals surface area contributed by atoms with Gasteiger partial charge in [-0.15, -0.1) is 0 Å². The lowest BCUT2D eigenvalue weighted by molar-refractivity contribution is -0.0543. The van der Waals surface area contributed by atoms with E-state index in [2.05, 4.69) is 36.3 Å². The number of hydrogen-bond acceptors (Lipinski definition) is 4. The van der Waals surface area contributed by atoms with E-state index in [0.717, 1.165) is 19.4 Å². The van der Waals surface area contributed by atoms with Crippen molar-refractivity contribution in [3.63, 3.8) is 0 Å². The summed E-state index contributed by atoms with van der Waals surface area (Å²) in [7, 11) is 2.15. The van der Waals surface area contributed by atoms with E-state index in [4.69, 9.17) is 5.26 Å². The topological polar surface area (TPSA) is 79.6 Å². The number of benzene rings is 2. The highest BCUT2D eigenvalue weighted by Gasteiger charge is 2.70. The van der Waals surface area contributed by atoms with Crippen LogP contribution >= 0.6 is 0 Å². The Morgan fingerprint density at radius 1 is 1.32 bits per heavy atom. The summed E-state index contributed by atoms with van der Waals surface area (Å²) in [5, 5.41) is 22.3. The Morgan fingerprint density at radius 3 is 2.71 bits per heavy atom. The number of anilines is 1. The molecule has 5 rings (SSSR count). The lowest BCUT2D eigenvalue weighted by atomic mass is 9.63. The predicted octanol–water partition coefficient (Wildman–Crippen LogP) is 3.70. The first-order chi connectivity index (χ1) is 14.8. The Balaban J connectivity index is 1.52. The molecule has 3 aliphatic rings. The lowest BCUT2D eigenvalue weighted by Crippen LogP contribution is -2.67. The number of phenols is 1. The monoisotopic (exact) mass is 416 g/mol. The highest BCUT2D eigenvalue weighted by Crippen LogP contribution is 2.64. The van der Waals surface area contributed by atoms with E-state index in [-0.39, 0.29) is 28.7 Å². The Bertz CT molecular complexity index is 1090. The Kier molecular flexibility index (Phi) is 4.32. The maximum atomic E-state index is 13.5. The molecule has 1 heterocycles. The summed E-state index contributed by atoms with van der Waals surface area (Å²) in [6.45, 7) is 5.93. The van der Waals surface area contributed by atoms with E-state index in [1.54, 1.807) is 30.3 Å². The molecule has 2 N–H and O–H groups in total. The molecular weight excluding hydrogens is 388 g/mol. The Labute approximate surface area is 183 Å². The van der Waals surface area contributed by atoms with Crippen LogP contribution in [-0.4, -0.2) is 53.2 Å². The van der Waals surface area contributed by atoms with E-state index in [0.29, 0.717) is 23.8 Å². The molecule has 1 spiro atoms. The van der Waals surface area contributed by atoms with Crippen molar-refractivity contribution in [3.05, 3.63) is 59.2 Å². The summed E-state index contributed by atoms with van der Waals surface area (Å²) in [6, 6.07) is 15.0. The molecule has 1 saturated carbocycles. The average molecular weight is 417 g/mol. The van der Waals surface area contributed by atoms with Crippen molar-refractivity contribution in [1.29, 1.82) is 5.26 Å². The molecule has 2 fully saturated rings. The molecule has 3 unspecified atom stereocenters. The summed E-state index contributed by atoms with van der Waals surface area (Å²) < 4.78 is 0. The SMILES string of the molecule is CCN(C(=O)Nc1ccc(C#N)cc1)C1C2N(C)CC23Cc2ccc(O)cc2[C@@]1(C)C3. The number of likely N-dealkylation sites (N-methyl/N-ethyl adjacent to an activating group) is 2. The number of phenolic OH excluding ortho intramolecular Hbond substituents is 1. The van der Waals surface area contributed by atoms with Gasteiger partial charge in [-0.05, 0) is 74.3 Å². The minimum Gasteiger partial charge on any atom is -0.508 e. The van der Waals surface area contributed by atoms with Crippen molar-refractivity contribution < 1.29 is 9.90 Å². The average Bonchev–Trinajstić information content (AvgIpc) is 2.91. The number of nitrogens with zero attached hydrogens (tertiary/aromatic N) is 3. The third-order valence-electron chi connectivity index (χ3n) is 7.79. The van der Waals surface area contributed by atoms with Crippen molar-refractivity contribution in [2.45, 2.75) is 44.2 Å². The standard InChI is InChI=1S/C25H28N4O2/c1-4-29(23(31)27-18-8-5-16(13-26)6-9-18)21-22-25(15-28(22)3)12-17-7-10-19(30)11-20(17)24(21,2)14-25/h5-11,21-22,30H,4,12,14-15H2,1-3H3,(H,27,31)/t21?,22?,24-,25?/m1/s1. The molecule has 0 aromatic heterocycles. The second kappa shape index (κ2) is 6.73. The molecule has 2 bridgehead atoms. The van der Waals surface area contributed by atoms with Crippen LogP contribution in [0.1, 0.15) is 37.0 Å². The van der Waals surface area contributed by atoms with E-state index >= 15 is 0 Å². The quantitative estimate of drug-likeness (QED) is 0.800. The van der Waals surface area contributed by atoms with Crippen LogP contribution in [0, 0.1) is 16.7 Å². The van der Waals surface area contributed by atoms with E-state index in [9.17, 15) is 9.90 Å². The third-order valence-corrected chi connectivity index (χ3v) is 7.79. The van der Waals surface area contributed by atoms with E-state index in [1.807, 2.05) is 17.9 Å². The molecule has 31 heavy (non-hydrogen) atoms. The minimum absolute atomic E-state index is 0.0117. The van der Waals surface area contributed by atoms with Gasteiger partial charge in [0.1, 0.15) is 5.75 Å². The van der Waals surface area contributed by atoms with Gasteiger partial charge in [0, 0.05) is 35.6 Å². The van der Waals surface area contributed by atoms with Crippen LogP contribution in [0.3, 0.4) is 0 Å². The molecule has 6 nitrogen and oxygen atoms in total. The number of likely N-dealkylation sites (tertiary alicyclic amines) is 1. The van der Waals surface area contributed by atoms with Crippen LogP contribution in [-0.2, 0) is 11.8 Å². The fraction of sp³-hybridized carbons (Fsp3) is 0.440. The van der Waals surface area contributed by atoms with Crippen LogP contribution in [0.2, 0.25) is 0 Å². The number of nitriles is 1. The maximum Gasteiger partial charge on any atom is 0.322 e. The highest BCUT2D eigenvalue weighted by molar-refractivity contribution is 5.90. The molecule has 2 aromatic rings. The van der Waals surface area contributed by atoms with Crippen LogP contribution in [0.25, 0.3) is 0 Å². The molecule has 6 heteroatoms. The van der Waals surface area contributed by atoms with E-state index < -0.39 is 0 Å². The fourth-order valence-electron chi connectivity index (χ4n) is 6.88. The Hall–Kier alpha value is -3.04. The van der Waals surface area contributed by atoms with Gasteiger partial charge in [0.2, 0.25) is 0 Å². The number of aromatic hydroxyl groups is 1. The second-order valence-electron chi connectivity index (χ2n) is 9.68. The van der Waals surface area contributed by atoms with Gasteiger partial charge >= 0.3 is 6.03 Å². The van der Waals surface area contributed by atoms with Crippen molar-refractivity contribution in [2.24, 2.45) is 5.41 Å². The van der Waals surface area contributed by atoms with Gasteiger partial charge in [0.25, 0.3) is 0 Å². The van der Waals surface area contributed by atoms with Gasteiger partial charge in [0.15, 0.2) is 0 Å². The number of hydrogen-bond donors (Lipinski definition) is 2. The van der Waals surface area contributed by atoms with Crippen LogP contribution < -0.4 is 5.32 Å². The summed E-state index contributed by atoms with van der Waals surface area (Å²) in [4.78, 5) is 17.8. The number of rotatable bonds is 3. The molecule has 2 amide bonds. The summed E-state index contributed by atoms with van der Waals surface area (Å²) in [6.07, 6.45) is 2.02. The minimum atomic E-state index is -0.222. The smallest absolute Gasteiger partial charge is 0.322 e. The normalized spacial score (nSPS) is 30.5. The van der Waals surface area contributed by atoms with Gasteiger partial charge in [0.05, 0.1) is 17.7 Å². The maximum absolute atomic E-state index is 13.5. The Morgan fingerprint density at radius 2 is 2.06 bits per heavy atom. The highest BCUT2D eigenvalue weighted by atomic mass is 16.3. The zero-order valence-corrected chi connectivity index (χ0v) is 18.2. The zero-order chi connectivity index (χ0) is 22.0. The second-order valence-corrected chi connectivity index (χ2v) is 9.68. The molecule has 160 valence electrons. The van der Waals surface area contributed by atoms with Gasteiger partial charge < -0.3 is 20.2 Å². The molecule has 1 aliphatic heterocycles. The number of nitrogens with one attached hydrogen (secondary N) is 1. The fourth-order valence-corrected chi connectivity index (χ4v) is 6.88. The van der Waals surface area contributed by atoms with Gasteiger partial charge in [-0.2, -0.15) is 5.26 Å². The third kappa shape index (κ3) is 2.76. The largest absolute Gasteiger partial charge is 0.508 e. The van der Waals surface area contributed by atoms with Gasteiger partial charge in [-0.25, -0.2) is 4.79 Å². The molecule has 1 saturated heterocycles. The number of carbonyl (C=O) groups is 1. The number of fused-ring (bicyclic) bond motifs is 3. The summed E-state index contributed by atoms with van der Waals surface area (Å²) in [5.74, 6) is 0.285. The van der Waals surface area contributed by atoms with Crippen LogP contribution in [0.5, 0.6) is 5.75 Å². The van der Waals surface area contributed by atoms with Crippen molar-refractivity contribution in [3.8, 4) is 11.8 Å². The number of amides is 2. The predicted molar refractivity (Wildman–Crippen MR) is 119 cm³/mol. The van der Waals surface area contributed by atoms with Crippen LogP contribution in [0.4, 0.5) is 10.5 Å². The van der Waals surface area contributed by atoms with Crippen molar-refractivity contribution in [1.82, 2.24) is 9.80 Å². The van der Waals surface area contributed by atoms with E-state index in [1.165, 1.54) is 11.1 Å². The number of urea groups is 1. The van der Waals surface area contributed by atoms with Crippen LogP contribution in [0.15, 0.2) is 42.5 Å². The molecule has 2 aromatic carbocycles. The molecule has 2 aliphatic carbocycles. The molecule has 4 atom stereocenters. The first-order valence-corrected chi connectivity index (χ1v) is 10.9. The van der Waals surface area contributed by atoms with Gasteiger partial charge in [-0.1, -0.05) is 13.0 Å².